The first-order chi connectivity index (χ1) is 10.7. The van der Waals surface area contributed by atoms with E-state index in [9.17, 15) is 4.79 Å². The zero-order chi connectivity index (χ0) is 15.4. The number of rotatable bonds is 4. The number of amides is 1. The molecule has 6 nitrogen and oxygen atoms in total. The van der Waals surface area contributed by atoms with Gasteiger partial charge in [0, 0.05) is 30.7 Å². The number of carbonyl (C=O) groups is 1. The number of aryl methyl sites for hydroxylation is 1. The minimum absolute atomic E-state index is 0.178. The SMILES string of the molecule is Cc1sccc1CNC(=O)c1ccnc(N2CCOCC2)n1. The Kier molecular flexibility index (Phi) is 4.65. The average molecular weight is 318 g/mol. The Balaban J connectivity index is 1.66. The van der Waals surface area contributed by atoms with Gasteiger partial charge in [0.15, 0.2) is 0 Å². The van der Waals surface area contributed by atoms with E-state index in [1.165, 1.54) is 4.88 Å². The van der Waals surface area contributed by atoms with E-state index >= 15 is 0 Å². The van der Waals surface area contributed by atoms with Gasteiger partial charge in [-0.3, -0.25) is 4.79 Å². The van der Waals surface area contributed by atoms with Crippen LogP contribution in [0.3, 0.4) is 0 Å². The summed E-state index contributed by atoms with van der Waals surface area (Å²) < 4.78 is 5.31. The molecule has 1 N–H and O–H groups in total. The molecule has 0 aliphatic carbocycles. The molecule has 0 spiro atoms. The number of hydrogen-bond donors (Lipinski definition) is 1. The Hall–Kier alpha value is -1.99. The van der Waals surface area contributed by atoms with Crippen LogP contribution in [0.4, 0.5) is 5.95 Å². The fourth-order valence-electron chi connectivity index (χ4n) is 2.25. The summed E-state index contributed by atoms with van der Waals surface area (Å²) in [6.07, 6.45) is 1.63. The maximum Gasteiger partial charge on any atom is 0.270 e. The molecule has 22 heavy (non-hydrogen) atoms. The fraction of sp³-hybridized carbons (Fsp3) is 0.400. The summed E-state index contributed by atoms with van der Waals surface area (Å²) in [7, 11) is 0. The molecule has 1 aliphatic heterocycles. The van der Waals surface area contributed by atoms with E-state index < -0.39 is 0 Å². The molecule has 1 saturated heterocycles. The van der Waals surface area contributed by atoms with Gasteiger partial charge in [0.25, 0.3) is 5.91 Å². The van der Waals surface area contributed by atoms with Gasteiger partial charge in [-0.05, 0) is 30.0 Å². The second-order valence-electron chi connectivity index (χ2n) is 5.03. The van der Waals surface area contributed by atoms with Crippen LogP contribution >= 0.6 is 11.3 Å². The molecule has 0 unspecified atom stereocenters. The number of carbonyl (C=O) groups excluding carboxylic acids is 1. The van der Waals surface area contributed by atoms with Crippen molar-refractivity contribution in [2.24, 2.45) is 0 Å². The number of ether oxygens (including phenoxy) is 1. The first-order valence-electron chi connectivity index (χ1n) is 7.21. The highest BCUT2D eigenvalue weighted by molar-refractivity contribution is 7.10. The first kappa shape index (κ1) is 14.9. The molecule has 0 bridgehead atoms. The Morgan fingerprint density at radius 3 is 2.95 bits per heavy atom. The Labute approximate surface area is 133 Å². The molecular weight excluding hydrogens is 300 g/mol. The second kappa shape index (κ2) is 6.85. The van der Waals surface area contributed by atoms with Gasteiger partial charge in [-0.15, -0.1) is 11.3 Å². The van der Waals surface area contributed by atoms with E-state index in [4.69, 9.17) is 4.74 Å². The summed E-state index contributed by atoms with van der Waals surface area (Å²) in [6.45, 7) is 5.39. The molecule has 116 valence electrons. The van der Waals surface area contributed by atoms with Gasteiger partial charge in [-0.1, -0.05) is 0 Å². The predicted octanol–water partition coefficient (Wildman–Crippen LogP) is 1.61. The maximum atomic E-state index is 12.2. The number of anilines is 1. The van der Waals surface area contributed by atoms with E-state index in [-0.39, 0.29) is 5.91 Å². The summed E-state index contributed by atoms with van der Waals surface area (Å²) in [5.74, 6) is 0.408. The molecule has 1 amide bonds. The highest BCUT2D eigenvalue weighted by Crippen LogP contribution is 2.15. The molecule has 2 aromatic heterocycles. The monoisotopic (exact) mass is 318 g/mol. The minimum atomic E-state index is -0.178. The molecule has 7 heteroatoms. The van der Waals surface area contributed by atoms with Crippen LogP contribution in [0.5, 0.6) is 0 Å². The highest BCUT2D eigenvalue weighted by atomic mass is 32.1. The van der Waals surface area contributed by atoms with Crippen LogP contribution in [-0.2, 0) is 11.3 Å². The molecule has 0 atom stereocenters. The van der Waals surface area contributed by atoms with Crippen LogP contribution in [-0.4, -0.2) is 42.2 Å². The summed E-state index contributed by atoms with van der Waals surface area (Å²) in [4.78, 5) is 24.1. The Morgan fingerprint density at radius 1 is 1.41 bits per heavy atom. The van der Waals surface area contributed by atoms with Crippen molar-refractivity contribution < 1.29 is 9.53 Å². The van der Waals surface area contributed by atoms with Crippen LogP contribution in [0.25, 0.3) is 0 Å². The van der Waals surface area contributed by atoms with Crippen LogP contribution in [0.2, 0.25) is 0 Å². The molecule has 3 rings (SSSR count). The zero-order valence-electron chi connectivity index (χ0n) is 12.4. The molecule has 0 radical (unpaired) electrons. The predicted molar refractivity (Wildman–Crippen MR) is 85.3 cm³/mol. The quantitative estimate of drug-likeness (QED) is 0.928. The third-order valence-corrected chi connectivity index (χ3v) is 4.46. The van der Waals surface area contributed by atoms with Gasteiger partial charge < -0.3 is 15.0 Å². The van der Waals surface area contributed by atoms with Gasteiger partial charge in [-0.25, -0.2) is 9.97 Å². The lowest BCUT2D eigenvalue weighted by atomic mass is 10.2. The van der Waals surface area contributed by atoms with Gasteiger partial charge in [0.1, 0.15) is 5.69 Å². The van der Waals surface area contributed by atoms with E-state index in [1.807, 2.05) is 23.3 Å². The number of aromatic nitrogens is 2. The smallest absolute Gasteiger partial charge is 0.270 e. The third-order valence-electron chi connectivity index (χ3n) is 3.58. The van der Waals surface area contributed by atoms with E-state index in [1.54, 1.807) is 23.6 Å². The summed E-state index contributed by atoms with van der Waals surface area (Å²) in [6, 6.07) is 3.67. The third kappa shape index (κ3) is 3.42. The Morgan fingerprint density at radius 2 is 2.23 bits per heavy atom. The normalized spacial score (nSPS) is 14.9. The van der Waals surface area contributed by atoms with Crippen molar-refractivity contribution in [1.29, 1.82) is 0 Å². The number of thiophene rings is 1. The largest absolute Gasteiger partial charge is 0.378 e. The second-order valence-corrected chi connectivity index (χ2v) is 6.15. The summed E-state index contributed by atoms with van der Waals surface area (Å²) >= 11 is 1.68. The highest BCUT2D eigenvalue weighted by Gasteiger charge is 2.16. The van der Waals surface area contributed by atoms with E-state index in [0.717, 1.165) is 18.7 Å². The molecule has 3 heterocycles. The summed E-state index contributed by atoms with van der Waals surface area (Å²) in [5.41, 5.74) is 1.53. The number of nitrogens with zero attached hydrogens (tertiary/aromatic N) is 3. The number of hydrogen-bond acceptors (Lipinski definition) is 6. The zero-order valence-corrected chi connectivity index (χ0v) is 13.2. The molecular formula is C15H18N4O2S. The van der Waals surface area contributed by atoms with E-state index in [0.29, 0.717) is 31.4 Å². The Bertz CT molecular complexity index is 652. The van der Waals surface area contributed by atoms with Crippen molar-refractivity contribution >= 4 is 23.2 Å². The van der Waals surface area contributed by atoms with Crippen LogP contribution in [0.1, 0.15) is 20.9 Å². The number of nitrogens with one attached hydrogen (secondary N) is 1. The van der Waals surface area contributed by atoms with Crippen LogP contribution in [0.15, 0.2) is 23.7 Å². The lowest BCUT2D eigenvalue weighted by molar-refractivity contribution is 0.0945. The molecule has 0 saturated carbocycles. The van der Waals surface area contributed by atoms with Crippen molar-refractivity contribution in [2.45, 2.75) is 13.5 Å². The molecule has 1 aliphatic rings. The van der Waals surface area contributed by atoms with Gasteiger partial charge in [0.2, 0.25) is 5.95 Å². The van der Waals surface area contributed by atoms with Crippen molar-refractivity contribution in [3.63, 3.8) is 0 Å². The first-order valence-corrected chi connectivity index (χ1v) is 8.09. The van der Waals surface area contributed by atoms with E-state index in [2.05, 4.69) is 15.3 Å². The van der Waals surface area contributed by atoms with Gasteiger partial charge >= 0.3 is 0 Å². The lowest BCUT2D eigenvalue weighted by Crippen LogP contribution is -2.37. The average Bonchev–Trinajstić information content (AvgIpc) is 2.99. The van der Waals surface area contributed by atoms with Crippen molar-refractivity contribution in [2.75, 3.05) is 31.2 Å². The molecule has 1 fully saturated rings. The topological polar surface area (TPSA) is 67.4 Å². The lowest BCUT2D eigenvalue weighted by Gasteiger charge is -2.26. The van der Waals surface area contributed by atoms with Crippen molar-refractivity contribution in [1.82, 2.24) is 15.3 Å². The standard InChI is InChI=1S/C15H18N4O2S/c1-11-12(3-9-22-11)10-17-14(20)13-2-4-16-15(18-13)19-5-7-21-8-6-19/h2-4,9H,5-8,10H2,1H3,(H,17,20). The van der Waals surface area contributed by atoms with Crippen molar-refractivity contribution in [3.05, 3.63) is 39.8 Å². The minimum Gasteiger partial charge on any atom is -0.378 e. The molecule has 2 aromatic rings. The maximum absolute atomic E-state index is 12.2. The van der Waals surface area contributed by atoms with Gasteiger partial charge in [-0.2, -0.15) is 0 Å². The number of morpholine rings is 1. The molecule has 0 aromatic carbocycles. The fourth-order valence-corrected chi connectivity index (χ4v) is 2.98. The van der Waals surface area contributed by atoms with Crippen LogP contribution < -0.4 is 10.2 Å². The van der Waals surface area contributed by atoms with Gasteiger partial charge in [0.05, 0.1) is 13.2 Å². The van der Waals surface area contributed by atoms with Crippen LogP contribution in [0, 0.1) is 6.92 Å². The summed E-state index contributed by atoms with van der Waals surface area (Å²) in [5, 5.41) is 4.93. The van der Waals surface area contributed by atoms with Crippen molar-refractivity contribution in [3.8, 4) is 0 Å².